The van der Waals surface area contributed by atoms with Gasteiger partial charge in [-0.05, 0) is 37.2 Å². The highest BCUT2D eigenvalue weighted by Crippen LogP contribution is 2.22. The Hall–Kier alpha value is -0.560. The molecule has 1 aromatic rings. The predicted octanol–water partition coefficient (Wildman–Crippen LogP) is 1.00. The van der Waals surface area contributed by atoms with E-state index < -0.39 is 0 Å². The molecule has 0 radical (unpaired) electrons. The van der Waals surface area contributed by atoms with Crippen molar-refractivity contribution in [1.29, 1.82) is 0 Å². The van der Waals surface area contributed by atoms with Gasteiger partial charge in [-0.15, -0.1) is 5.10 Å². The van der Waals surface area contributed by atoms with Crippen LogP contribution in [0.2, 0.25) is 0 Å². The van der Waals surface area contributed by atoms with E-state index in [9.17, 15) is 0 Å². The Morgan fingerprint density at radius 3 is 3.27 bits per heavy atom. The summed E-state index contributed by atoms with van der Waals surface area (Å²) in [5.74, 6) is 5.49. The van der Waals surface area contributed by atoms with Crippen molar-refractivity contribution in [3.63, 3.8) is 0 Å². The number of hydrogen-bond donors (Lipinski definition) is 2. The fourth-order valence-electron chi connectivity index (χ4n) is 1.86. The summed E-state index contributed by atoms with van der Waals surface area (Å²) < 4.78 is 9.40. The second kappa shape index (κ2) is 5.50. The Morgan fingerprint density at radius 2 is 2.67 bits per heavy atom. The third kappa shape index (κ3) is 2.94. The molecule has 3 N–H and O–H groups in total. The number of rotatable bonds is 5. The molecule has 0 amide bonds. The number of nitrogens with two attached hydrogens (primary N) is 1. The first-order valence-electron chi connectivity index (χ1n) is 5.25. The standard InChI is InChI=1S/C9H16N4OS/c10-11-8(9-6-15-13-12-9)4-3-7-2-1-5-14-7/h6-8,11H,1-5,10H2. The van der Waals surface area contributed by atoms with E-state index in [2.05, 4.69) is 15.0 Å². The largest absolute Gasteiger partial charge is 0.378 e. The zero-order valence-electron chi connectivity index (χ0n) is 8.56. The van der Waals surface area contributed by atoms with Crippen LogP contribution in [0.4, 0.5) is 0 Å². The smallest absolute Gasteiger partial charge is 0.0938 e. The van der Waals surface area contributed by atoms with E-state index in [4.69, 9.17) is 10.6 Å². The van der Waals surface area contributed by atoms with Gasteiger partial charge in [0.05, 0.1) is 17.8 Å². The van der Waals surface area contributed by atoms with Gasteiger partial charge in [0.2, 0.25) is 0 Å². The molecule has 2 atom stereocenters. The quantitative estimate of drug-likeness (QED) is 0.581. The van der Waals surface area contributed by atoms with E-state index in [0.717, 1.165) is 25.1 Å². The number of nitrogens with one attached hydrogen (secondary N) is 1. The van der Waals surface area contributed by atoms with Crippen LogP contribution < -0.4 is 11.3 Å². The Kier molecular flexibility index (Phi) is 4.01. The highest BCUT2D eigenvalue weighted by Gasteiger charge is 2.19. The van der Waals surface area contributed by atoms with Gasteiger partial charge in [-0.2, -0.15) is 0 Å². The summed E-state index contributed by atoms with van der Waals surface area (Å²) in [4.78, 5) is 0. The molecule has 0 spiro atoms. The average Bonchev–Trinajstić information content (AvgIpc) is 2.90. The Labute approximate surface area is 93.1 Å². The molecule has 2 unspecified atom stereocenters. The van der Waals surface area contributed by atoms with Gasteiger partial charge in [0.15, 0.2) is 0 Å². The monoisotopic (exact) mass is 228 g/mol. The fourth-order valence-corrected chi connectivity index (χ4v) is 2.37. The molecule has 1 aliphatic rings. The third-order valence-electron chi connectivity index (χ3n) is 2.74. The Morgan fingerprint density at radius 1 is 1.73 bits per heavy atom. The highest BCUT2D eigenvalue weighted by molar-refractivity contribution is 7.03. The lowest BCUT2D eigenvalue weighted by Crippen LogP contribution is -2.29. The number of hydrogen-bond acceptors (Lipinski definition) is 6. The highest BCUT2D eigenvalue weighted by atomic mass is 32.1. The van der Waals surface area contributed by atoms with Crippen molar-refractivity contribution in [1.82, 2.24) is 15.0 Å². The molecule has 2 heterocycles. The van der Waals surface area contributed by atoms with E-state index in [1.54, 1.807) is 0 Å². The fraction of sp³-hybridized carbons (Fsp3) is 0.778. The molecule has 1 fully saturated rings. The second-order valence-electron chi connectivity index (χ2n) is 3.76. The van der Waals surface area contributed by atoms with E-state index in [0.29, 0.717) is 6.10 Å². The third-order valence-corrected chi connectivity index (χ3v) is 3.26. The molecule has 0 aliphatic carbocycles. The number of hydrazine groups is 1. The van der Waals surface area contributed by atoms with Gasteiger partial charge in [-0.3, -0.25) is 11.3 Å². The topological polar surface area (TPSA) is 73.1 Å². The molecule has 1 aliphatic heterocycles. The van der Waals surface area contributed by atoms with Crippen LogP contribution in [0.5, 0.6) is 0 Å². The molecule has 1 saturated heterocycles. The maximum absolute atomic E-state index is 5.56. The molecule has 1 aromatic heterocycles. The van der Waals surface area contributed by atoms with Crippen molar-refractivity contribution in [3.8, 4) is 0 Å². The van der Waals surface area contributed by atoms with Crippen molar-refractivity contribution < 1.29 is 4.74 Å². The molecular formula is C9H16N4OS. The first-order chi connectivity index (χ1) is 7.40. The lowest BCUT2D eigenvalue weighted by atomic mass is 10.0. The van der Waals surface area contributed by atoms with Crippen LogP contribution in [0, 0.1) is 0 Å². The van der Waals surface area contributed by atoms with E-state index in [-0.39, 0.29) is 6.04 Å². The van der Waals surface area contributed by atoms with E-state index in [1.165, 1.54) is 24.4 Å². The van der Waals surface area contributed by atoms with Gasteiger partial charge in [-0.1, -0.05) is 4.49 Å². The summed E-state index contributed by atoms with van der Waals surface area (Å²) in [6.45, 7) is 0.906. The van der Waals surface area contributed by atoms with Crippen LogP contribution in [-0.4, -0.2) is 22.3 Å². The number of aromatic nitrogens is 2. The minimum absolute atomic E-state index is 0.105. The molecule has 15 heavy (non-hydrogen) atoms. The van der Waals surface area contributed by atoms with Crippen molar-refractivity contribution in [2.45, 2.75) is 37.8 Å². The van der Waals surface area contributed by atoms with Crippen LogP contribution in [-0.2, 0) is 4.74 Å². The van der Waals surface area contributed by atoms with Gasteiger partial charge in [0.25, 0.3) is 0 Å². The van der Waals surface area contributed by atoms with Crippen LogP contribution in [0.3, 0.4) is 0 Å². The van der Waals surface area contributed by atoms with Gasteiger partial charge in [0, 0.05) is 12.0 Å². The van der Waals surface area contributed by atoms with Crippen LogP contribution in [0.25, 0.3) is 0 Å². The van der Waals surface area contributed by atoms with Crippen LogP contribution in [0.1, 0.15) is 37.4 Å². The summed E-state index contributed by atoms with van der Waals surface area (Å²) in [5, 5.41) is 5.95. The minimum Gasteiger partial charge on any atom is -0.378 e. The summed E-state index contributed by atoms with van der Waals surface area (Å²) >= 11 is 1.35. The minimum atomic E-state index is 0.105. The van der Waals surface area contributed by atoms with Gasteiger partial charge >= 0.3 is 0 Å². The molecule has 0 bridgehead atoms. The van der Waals surface area contributed by atoms with Gasteiger partial charge < -0.3 is 4.74 Å². The molecule has 0 saturated carbocycles. The van der Waals surface area contributed by atoms with Gasteiger partial charge in [-0.25, -0.2) is 0 Å². The van der Waals surface area contributed by atoms with E-state index in [1.807, 2.05) is 5.38 Å². The summed E-state index contributed by atoms with van der Waals surface area (Å²) in [6, 6.07) is 0.105. The lowest BCUT2D eigenvalue weighted by molar-refractivity contribution is 0.0995. The van der Waals surface area contributed by atoms with Crippen LogP contribution in [0.15, 0.2) is 5.38 Å². The molecular weight excluding hydrogens is 212 g/mol. The second-order valence-corrected chi connectivity index (χ2v) is 4.37. The van der Waals surface area contributed by atoms with Gasteiger partial charge in [0.1, 0.15) is 0 Å². The lowest BCUT2D eigenvalue weighted by Gasteiger charge is -2.15. The van der Waals surface area contributed by atoms with Crippen molar-refractivity contribution in [2.24, 2.45) is 5.84 Å². The Bertz CT molecular complexity index is 274. The average molecular weight is 228 g/mol. The van der Waals surface area contributed by atoms with Crippen LogP contribution >= 0.6 is 11.5 Å². The molecule has 6 heteroatoms. The predicted molar refractivity (Wildman–Crippen MR) is 58.2 cm³/mol. The zero-order valence-corrected chi connectivity index (χ0v) is 9.37. The Balaban J connectivity index is 1.80. The maximum atomic E-state index is 5.56. The van der Waals surface area contributed by atoms with Crippen molar-refractivity contribution >= 4 is 11.5 Å². The number of ether oxygens (including phenoxy) is 1. The maximum Gasteiger partial charge on any atom is 0.0938 e. The summed E-state index contributed by atoms with van der Waals surface area (Å²) in [6.07, 6.45) is 4.75. The normalized spacial score (nSPS) is 23.1. The van der Waals surface area contributed by atoms with Crippen molar-refractivity contribution in [3.05, 3.63) is 11.1 Å². The zero-order chi connectivity index (χ0) is 10.5. The summed E-state index contributed by atoms with van der Waals surface area (Å²) in [7, 11) is 0. The molecule has 84 valence electrons. The van der Waals surface area contributed by atoms with E-state index >= 15 is 0 Å². The SMILES string of the molecule is NNC(CCC1CCCO1)c1csnn1. The first kappa shape index (κ1) is 10.9. The summed E-state index contributed by atoms with van der Waals surface area (Å²) in [5.41, 5.74) is 3.71. The van der Waals surface area contributed by atoms with Crippen molar-refractivity contribution in [2.75, 3.05) is 6.61 Å². The number of nitrogens with zero attached hydrogens (tertiary/aromatic N) is 2. The molecule has 2 rings (SSSR count). The first-order valence-corrected chi connectivity index (χ1v) is 6.08. The molecule has 5 nitrogen and oxygen atoms in total. The molecule has 0 aromatic carbocycles.